The first-order valence-corrected chi connectivity index (χ1v) is 10.1. The molecule has 2 N–H and O–H groups in total. The zero-order valence-corrected chi connectivity index (χ0v) is 17.3. The van der Waals surface area contributed by atoms with Gasteiger partial charge >= 0.3 is 0 Å². The summed E-state index contributed by atoms with van der Waals surface area (Å²) in [7, 11) is 0. The first-order valence-electron chi connectivity index (χ1n) is 10.1. The fourth-order valence-corrected chi connectivity index (χ4v) is 3.22. The van der Waals surface area contributed by atoms with Crippen molar-refractivity contribution in [2.45, 2.75) is 39.3 Å². The van der Waals surface area contributed by atoms with Gasteiger partial charge in [-0.15, -0.1) is 0 Å². The van der Waals surface area contributed by atoms with Gasteiger partial charge in [0.2, 0.25) is 11.8 Å². The van der Waals surface area contributed by atoms with Gasteiger partial charge in [0.15, 0.2) is 0 Å². The van der Waals surface area contributed by atoms with Crippen molar-refractivity contribution >= 4 is 17.7 Å². The predicted octanol–water partition coefficient (Wildman–Crippen LogP) is 2.67. The maximum atomic E-state index is 12.4. The number of nitrogens with one attached hydrogen (secondary N) is 2. The van der Waals surface area contributed by atoms with Crippen LogP contribution in [0.5, 0.6) is 5.75 Å². The van der Waals surface area contributed by atoms with Crippen LogP contribution < -0.4 is 15.6 Å². The Morgan fingerprint density at radius 1 is 1.13 bits per heavy atom. The van der Waals surface area contributed by atoms with Crippen LogP contribution in [0.3, 0.4) is 0 Å². The molecule has 1 aliphatic heterocycles. The Morgan fingerprint density at radius 2 is 1.90 bits per heavy atom. The molecule has 2 aromatic carbocycles. The molecular weight excluding hydrogens is 382 g/mol. The van der Waals surface area contributed by atoms with Crippen molar-refractivity contribution in [2.75, 3.05) is 6.54 Å². The van der Waals surface area contributed by atoms with E-state index in [1.165, 1.54) is 0 Å². The van der Waals surface area contributed by atoms with E-state index >= 15 is 0 Å². The SMILES string of the molecule is CCC(C)Oc1cccc(C(=O)NNC(=O)C2CC(=O)N(Cc3ccccc3)C2)c1. The zero-order valence-electron chi connectivity index (χ0n) is 17.3. The van der Waals surface area contributed by atoms with Crippen molar-refractivity contribution in [3.8, 4) is 5.75 Å². The van der Waals surface area contributed by atoms with Crippen LogP contribution in [0.1, 0.15) is 42.6 Å². The third-order valence-electron chi connectivity index (χ3n) is 5.11. The average Bonchev–Trinajstić information content (AvgIpc) is 3.12. The van der Waals surface area contributed by atoms with Gasteiger partial charge in [-0.05, 0) is 37.1 Å². The highest BCUT2D eigenvalue weighted by Gasteiger charge is 2.34. The number of benzene rings is 2. The van der Waals surface area contributed by atoms with Gasteiger partial charge < -0.3 is 9.64 Å². The van der Waals surface area contributed by atoms with Crippen molar-refractivity contribution in [3.05, 3.63) is 65.7 Å². The summed E-state index contributed by atoms with van der Waals surface area (Å²) in [5.41, 5.74) is 6.26. The Labute approximate surface area is 176 Å². The van der Waals surface area contributed by atoms with E-state index in [2.05, 4.69) is 10.9 Å². The van der Waals surface area contributed by atoms with Crippen LogP contribution in [-0.2, 0) is 16.1 Å². The predicted molar refractivity (Wildman–Crippen MR) is 112 cm³/mol. The lowest BCUT2D eigenvalue weighted by Gasteiger charge is -2.17. The summed E-state index contributed by atoms with van der Waals surface area (Å²) in [5, 5.41) is 0. The summed E-state index contributed by atoms with van der Waals surface area (Å²) in [6, 6.07) is 16.4. The largest absolute Gasteiger partial charge is 0.491 e. The summed E-state index contributed by atoms with van der Waals surface area (Å²) < 4.78 is 5.72. The molecule has 2 aromatic rings. The molecular formula is C23H27N3O4. The molecule has 0 radical (unpaired) electrons. The van der Waals surface area contributed by atoms with Crippen LogP contribution in [0, 0.1) is 5.92 Å². The number of rotatable bonds is 7. The van der Waals surface area contributed by atoms with Crippen molar-refractivity contribution < 1.29 is 19.1 Å². The van der Waals surface area contributed by atoms with E-state index in [-0.39, 0.29) is 24.3 Å². The molecule has 1 heterocycles. The minimum Gasteiger partial charge on any atom is -0.491 e. The number of nitrogens with zero attached hydrogens (tertiary/aromatic N) is 1. The minimum absolute atomic E-state index is 0.0433. The monoisotopic (exact) mass is 409 g/mol. The van der Waals surface area contributed by atoms with Crippen molar-refractivity contribution in [1.29, 1.82) is 0 Å². The molecule has 2 unspecified atom stereocenters. The van der Waals surface area contributed by atoms with Crippen molar-refractivity contribution in [2.24, 2.45) is 5.92 Å². The second kappa shape index (κ2) is 9.91. The average molecular weight is 409 g/mol. The zero-order chi connectivity index (χ0) is 21.5. The summed E-state index contributed by atoms with van der Waals surface area (Å²) in [4.78, 5) is 38.7. The summed E-state index contributed by atoms with van der Waals surface area (Å²) in [6.07, 6.45) is 1.03. The standard InChI is InChI=1S/C23H27N3O4/c1-3-16(2)30-20-11-7-10-18(12-20)22(28)24-25-23(29)19-13-21(27)26(15-19)14-17-8-5-4-6-9-17/h4-12,16,19H,3,13-15H2,1-2H3,(H,24,28)(H,25,29). The Hall–Kier alpha value is -3.35. The second-order valence-corrected chi connectivity index (χ2v) is 7.47. The van der Waals surface area contributed by atoms with E-state index in [0.717, 1.165) is 12.0 Å². The molecule has 1 saturated heterocycles. The van der Waals surface area contributed by atoms with Gasteiger partial charge in [-0.25, -0.2) is 0 Å². The molecule has 3 rings (SSSR count). The fraction of sp³-hybridized carbons (Fsp3) is 0.348. The van der Waals surface area contributed by atoms with Gasteiger partial charge in [0.05, 0.1) is 12.0 Å². The molecule has 0 aromatic heterocycles. The molecule has 7 nitrogen and oxygen atoms in total. The molecule has 158 valence electrons. The fourth-order valence-electron chi connectivity index (χ4n) is 3.22. The lowest BCUT2D eigenvalue weighted by Crippen LogP contribution is -2.45. The summed E-state index contributed by atoms with van der Waals surface area (Å²) in [6.45, 7) is 4.77. The van der Waals surface area contributed by atoms with Crippen LogP contribution >= 0.6 is 0 Å². The molecule has 30 heavy (non-hydrogen) atoms. The van der Waals surface area contributed by atoms with Crippen LogP contribution in [0.25, 0.3) is 0 Å². The quantitative estimate of drug-likeness (QED) is 0.689. The maximum absolute atomic E-state index is 12.4. The number of ether oxygens (including phenoxy) is 1. The Kier molecular flexibility index (Phi) is 7.06. The molecule has 7 heteroatoms. The Balaban J connectivity index is 1.51. The van der Waals surface area contributed by atoms with E-state index in [4.69, 9.17) is 4.74 Å². The number of hydrazine groups is 1. The van der Waals surface area contributed by atoms with Crippen LogP contribution in [0.4, 0.5) is 0 Å². The first-order chi connectivity index (χ1) is 14.5. The summed E-state index contributed by atoms with van der Waals surface area (Å²) >= 11 is 0. The van der Waals surface area contributed by atoms with Crippen LogP contribution in [0.2, 0.25) is 0 Å². The molecule has 1 aliphatic rings. The summed E-state index contributed by atoms with van der Waals surface area (Å²) in [5.74, 6) is -0.786. The van der Waals surface area contributed by atoms with E-state index < -0.39 is 11.8 Å². The van der Waals surface area contributed by atoms with Gasteiger partial charge in [0, 0.05) is 25.1 Å². The minimum atomic E-state index is -0.499. The third kappa shape index (κ3) is 5.59. The highest BCUT2D eigenvalue weighted by Crippen LogP contribution is 2.20. The van der Waals surface area contributed by atoms with E-state index in [1.54, 1.807) is 29.2 Å². The smallest absolute Gasteiger partial charge is 0.269 e. The third-order valence-corrected chi connectivity index (χ3v) is 5.11. The topological polar surface area (TPSA) is 87.7 Å². The van der Waals surface area contributed by atoms with Crippen LogP contribution in [0.15, 0.2) is 54.6 Å². The molecule has 3 amide bonds. The number of hydrogen-bond donors (Lipinski definition) is 2. The lowest BCUT2D eigenvalue weighted by atomic mass is 10.1. The number of carbonyl (C=O) groups is 3. The Bertz CT molecular complexity index is 900. The number of hydrogen-bond acceptors (Lipinski definition) is 4. The van der Waals surface area contributed by atoms with Gasteiger partial charge in [-0.3, -0.25) is 25.2 Å². The lowest BCUT2D eigenvalue weighted by molar-refractivity contribution is -0.129. The van der Waals surface area contributed by atoms with E-state index in [1.807, 2.05) is 44.2 Å². The van der Waals surface area contributed by atoms with Gasteiger partial charge in [-0.1, -0.05) is 43.3 Å². The molecule has 2 atom stereocenters. The van der Waals surface area contributed by atoms with Gasteiger partial charge in [-0.2, -0.15) is 0 Å². The molecule has 0 saturated carbocycles. The molecule has 0 spiro atoms. The van der Waals surface area contributed by atoms with Crippen molar-refractivity contribution in [3.63, 3.8) is 0 Å². The number of carbonyl (C=O) groups excluding carboxylic acids is 3. The highest BCUT2D eigenvalue weighted by atomic mass is 16.5. The molecule has 0 bridgehead atoms. The van der Waals surface area contributed by atoms with E-state index in [0.29, 0.717) is 24.4 Å². The maximum Gasteiger partial charge on any atom is 0.269 e. The Morgan fingerprint density at radius 3 is 2.63 bits per heavy atom. The normalized spacial score (nSPS) is 16.8. The van der Waals surface area contributed by atoms with E-state index in [9.17, 15) is 14.4 Å². The molecule has 1 fully saturated rings. The van der Waals surface area contributed by atoms with Crippen LogP contribution in [-0.4, -0.2) is 35.3 Å². The van der Waals surface area contributed by atoms with Crippen molar-refractivity contribution in [1.82, 2.24) is 15.8 Å². The number of amides is 3. The second-order valence-electron chi connectivity index (χ2n) is 7.47. The first kappa shape index (κ1) is 21.4. The number of likely N-dealkylation sites (tertiary alicyclic amines) is 1. The van der Waals surface area contributed by atoms with Gasteiger partial charge in [0.1, 0.15) is 5.75 Å². The highest BCUT2D eigenvalue weighted by molar-refractivity contribution is 5.96. The molecule has 0 aliphatic carbocycles. The van der Waals surface area contributed by atoms with Gasteiger partial charge in [0.25, 0.3) is 5.91 Å².